The van der Waals surface area contributed by atoms with Crippen molar-refractivity contribution in [1.82, 2.24) is 5.32 Å². The summed E-state index contributed by atoms with van der Waals surface area (Å²) < 4.78 is 40.7. The number of halogens is 2. The standard InChI is InChI=1S/C19H18FNO2S2.ClH/c1-2-21-13-14-12-17(16-10-6-7-11-18(16)20)19(24-14)25(22,23)15-8-4-3-5-9-15;/h3-12,21H,2,13H2,1H3;1H. The predicted molar refractivity (Wildman–Crippen MR) is 106 cm³/mol. The van der Waals surface area contributed by atoms with Crippen LogP contribution in [0, 0.1) is 5.82 Å². The van der Waals surface area contributed by atoms with Gasteiger partial charge in [0.1, 0.15) is 10.0 Å². The van der Waals surface area contributed by atoms with Gasteiger partial charge in [0.25, 0.3) is 0 Å². The van der Waals surface area contributed by atoms with E-state index in [0.717, 1.165) is 11.4 Å². The zero-order chi connectivity index (χ0) is 17.9. The molecule has 1 N–H and O–H groups in total. The Morgan fingerprint density at radius 2 is 1.65 bits per heavy atom. The second-order valence-corrected chi connectivity index (χ2v) is 8.77. The summed E-state index contributed by atoms with van der Waals surface area (Å²) in [6, 6.07) is 16.3. The Labute approximate surface area is 163 Å². The van der Waals surface area contributed by atoms with Gasteiger partial charge >= 0.3 is 0 Å². The molecular formula is C19H19ClFNO2S2. The number of hydrogen-bond acceptors (Lipinski definition) is 4. The van der Waals surface area contributed by atoms with Gasteiger partial charge in [-0.3, -0.25) is 0 Å². The minimum Gasteiger partial charge on any atom is -0.312 e. The summed E-state index contributed by atoms with van der Waals surface area (Å²) in [7, 11) is -3.71. The molecule has 2 aromatic carbocycles. The maximum absolute atomic E-state index is 14.3. The summed E-state index contributed by atoms with van der Waals surface area (Å²) in [5.74, 6) is -0.431. The van der Waals surface area contributed by atoms with Crippen molar-refractivity contribution in [2.24, 2.45) is 0 Å². The van der Waals surface area contributed by atoms with Crippen molar-refractivity contribution in [3.05, 3.63) is 71.4 Å². The molecule has 0 atom stereocenters. The highest BCUT2D eigenvalue weighted by molar-refractivity contribution is 7.93. The van der Waals surface area contributed by atoms with Crippen molar-refractivity contribution < 1.29 is 12.8 Å². The topological polar surface area (TPSA) is 46.2 Å². The van der Waals surface area contributed by atoms with Crippen LogP contribution < -0.4 is 5.32 Å². The fourth-order valence-corrected chi connectivity index (χ4v) is 5.64. The van der Waals surface area contributed by atoms with Crippen molar-refractivity contribution in [2.45, 2.75) is 22.6 Å². The van der Waals surface area contributed by atoms with Crippen LogP contribution in [0.2, 0.25) is 0 Å². The maximum Gasteiger partial charge on any atom is 0.216 e. The van der Waals surface area contributed by atoms with E-state index in [-0.39, 0.29) is 21.5 Å². The minimum absolute atomic E-state index is 0. The molecule has 3 rings (SSSR count). The van der Waals surface area contributed by atoms with Crippen LogP contribution in [0.25, 0.3) is 11.1 Å². The first kappa shape index (κ1) is 20.6. The fraction of sp³-hybridized carbons (Fsp3) is 0.158. The van der Waals surface area contributed by atoms with Gasteiger partial charge in [-0.1, -0.05) is 43.3 Å². The summed E-state index contributed by atoms with van der Waals surface area (Å²) in [4.78, 5) is 1.07. The van der Waals surface area contributed by atoms with Gasteiger partial charge in [-0.2, -0.15) is 0 Å². The molecule has 0 spiro atoms. The predicted octanol–water partition coefficient (Wildman–Crippen LogP) is 4.92. The van der Waals surface area contributed by atoms with Crippen molar-refractivity contribution in [1.29, 1.82) is 0 Å². The van der Waals surface area contributed by atoms with Gasteiger partial charge < -0.3 is 5.32 Å². The monoisotopic (exact) mass is 411 g/mol. The molecule has 0 bridgehead atoms. The molecular weight excluding hydrogens is 393 g/mol. The van der Waals surface area contributed by atoms with E-state index in [9.17, 15) is 12.8 Å². The molecule has 0 amide bonds. The Kier molecular flexibility index (Phi) is 6.94. The van der Waals surface area contributed by atoms with Gasteiger partial charge in [-0.15, -0.1) is 23.7 Å². The third-order valence-corrected chi connectivity index (χ3v) is 7.20. The van der Waals surface area contributed by atoms with Crippen LogP contribution in [0.3, 0.4) is 0 Å². The summed E-state index contributed by atoms with van der Waals surface area (Å²) in [6.45, 7) is 3.30. The lowest BCUT2D eigenvalue weighted by atomic mass is 10.1. The molecule has 0 unspecified atom stereocenters. The molecule has 7 heteroatoms. The van der Waals surface area contributed by atoms with Gasteiger partial charge in [0, 0.05) is 22.5 Å². The summed E-state index contributed by atoms with van der Waals surface area (Å²) in [6.07, 6.45) is 0. The van der Waals surface area contributed by atoms with E-state index in [1.165, 1.54) is 17.4 Å². The number of sulfone groups is 1. The smallest absolute Gasteiger partial charge is 0.216 e. The average molecular weight is 412 g/mol. The zero-order valence-electron chi connectivity index (χ0n) is 14.1. The lowest BCUT2D eigenvalue weighted by Gasteiger charge is -2.07. The van der Waals surface area contributed by atoms with E-state index in [0.29, 0.717) is 17.7 Å². The first-order chi connectivity index (χ1) is 12.0. The lowest BCUT2D eigenvalue weighted by Crippen LogP contribution is -2.10. The fourth-order valence-electron chi connectivity index (χ4n) is 2.53. The van der Waals surface area contributed by atoms with E-state index in [1.807, 2.05) is 6.92 Å². The van der Waals surface area contributed by atoms with Crippen molar-refractivity contribution in [2.75, 3.05) is 6.54 Å². The van der Waals surface area contributed by atoms with E-state index in [1.54, 1.807) is 54.6 Å². The van der Waals surface area contributed by atoms with E-state index in [2.05, 4.69) is 5.32 Å². The third-order valence-electron chi connectivity index (χ3n) is 3.76. The number of benzene rings is 2. The lowest BCUT2D eigenvalue weighted by molar-refractivity contribution is 0.598. The Bertz CT molecular complexity index is 972. The average Bonchev–Trinajstić information content (AvgIpc) is 3.06. The molecule has 0 radical (unpaired) electrons. The SMILES string of the molecule is CCNCc1cc(-c2ccccc2F)c(S(=O)(=O)c2ccccc2)s1.Cl. The number of nitrogens with one attached hydrogen (secondary N) is 1. The van der Waals surface area contributed by atoms with Crippen LogP contribution in [0.4, 0.5) is 4.39 Å². The van der Waals surface area contributed by atoms with Gasteiger partial charge in [-0.25, -0.2) is 12.8 Å². The number of hydrogen-bond donors (Lipinski definition) is 1. The van der Waals surface area contributed by atoms with Crippen LogP contribution >= 0.6 is 23.7 Å². The Balaban J connectivity index is 0.00000243. The van der Waals surface area contributed by atoms with Gasteiger partial charge in [0.2, 0.25) is 9.84 Å². The van der Waals surface area contributed by atoms with Crippen LogP contribution in [-0.4, -0.2) is 15.0 Å². The van der Waals surface area contributed by atoms with Crippen LogP contribution in [0.1, 0.15) is 11.8 Å². The molecule has 0 saturated heterocycles. The highest BCUT2D eigenvalue weighted by Gasteiger charge is 2.26. The number of thiophene rings is 1. The Morgan fingerprint density at radius 3 is 2.31 bits per heavy atom. The second-order valence-electron chi connectivity index (χ2n) is 5.49. The molecule has 0 aliphatic rings. The van der Waals surface area contributed by atoms with Crippen molar-refractivity contribution in [3.8, 4) is 11.1 Å². The Morgan fingerprint density at radius 1 is 1.00 bits per heavy atom. The quantitative estimate of drug-likeness (QED) is 0.626. The summed E-state index contributed by atoms with van der Waals surface area (Å²) in [5.41, 5.74) is 0.718. The molecule has 0 fully saturated rings. The molecule has 26 heavy (non-hydrogen) atoms. The van der Waals surface area contributed by atoms with E-state index >= 15 is 0 Å². The Hall–Kier alpha value is -1.73. The van der Waals surface area contributed by atoms with Crippen molar-refractivity contribution >= 4 is 33.6 Å². The molecule has 1 heterocycles. The first-order valence-corrected chi connectivity index (χ1v) is 10.2. The highest BCUT2D eigenvalue weighted by Crippen LogP contribution is 2.39. The van der Waals surface area contributed by atoms with Crippen molar-refractivity contribution in [3.63, 3.8) is 0 Å². The summed E-state index contributed by atoms with van der Waals surface area (Å²) in [5, 5.41) is 3.18. The molecule has 138 valence electrons. The first-order valence-electron chi connectivity index (χ1n) is 7.92. The van der Waals surface area contributed by atoms with E-state index < -0.39 is 15.7 Å². The second kappa shape index (κ2) is 8.77. The van der Waals surface area contributed by atoms with Crippen LogP contribution in [0.5, 0.6) is 0 Å². The van der Waals surface area contributed by atoms with E-state index in [4.69, 9.17) is 0 Å². The van der Waals surface area contributed by atoms with Crippen LogP contribution in [0.15, 0.2) is 69.8 Å². The number of rotatable bonds is 6. The van der Waals surface area contributed by atoms with Gasteiger partial charge in [0.05, 0.1) is 4.90 Å². The largest absolute Gasteiger partial charge is 0.312 e. The molecule has 3 aromatic rings. The molecule has 0 saturated carbocycles. The normalized spacial score (nSPS) is 11.2. The third kappa shape index (κ3) is 4.15. The highest BCUT2D eigenvalue weighted by atomic mass is 35.5. The molecule has 0 aliphatic carbocycles. The zero-order valence-corrected chi connectivity index (χ0v) is 16.6. The maximum atomic E-state index is 14.3. The molecule has 1 aromatic heterocycles. The molecule has 3 nitrogen and oxygen atoms in total. The van der Waals surface area contributed by atoms with Gasteiger partial charge in [-0.05, 0) is 30.8 Å². The van der Waals surface area contributed by atoms with Gasteiger partial charge in [0.15, 0.2) is 0 Å². The minimum atomic E-state index is -3.71. The molecule has 0 aliphatic heterocycles. The van der Waals surface area contributed by atoms with Crippen LogP contribution in [-0.2, 0) is 16.4 Å². The summed E-state index contributed by atoms with van der Waals surface area (Å²) >= 11 is 1.19.